The number of carbonyl (C=O) groups is 3. The zero-order valence-electron chi connectivity index (χ0n) is 15.6. The van der Waals surface area contributed by atoms with Crippen LogP contribution in [0.4, 0.5) is 4.79 Å². The minimum Gasteiger partial charge on any atom is -0.461 e. The van der Waals surface area contributed by atoms with E-state index in [4.69, 9.17) is 9.15 Å². The summed E-state index contributed by atoms with van der Waals surface area (Å²) in [5.74, 6) is 0.227. The van der Waals surface area contributed by atoms with Gasteiger partial charge in [0.2, 0.25) is 0 Å². The number of imide groups is 1. The van der Waals surface area contributed by atoms with Gasteiger partial charge in [-0.25, -0.2) is 4.79 Å². The predicted octanol–water partition coefficient (Wildman–Crippen LogP) is 3.19. The number of furan rings is 1. The van der Waals surface area contributed by atoms with Crippen LogP contribution >= 0.6 is 0 Å². The molecule has 0 unspecified atom stereocenters. The molecule has 0 atom stereocenters. The van der Waals surface area contributed by atoms with Gasteiger partial charge in [0.25, 0.3) is 5.91 Å². The van der Waals surface area contributed by atoms with Gasteiger partial charge in [0.05, 0.1) is 6.42 Å². The molecular formula is C21H24N2O5. The summed E-state index contributed by atoms with van der Waals surface area (Å²) in [7, 11) is 0. The molecule has 3 amide bonds. The fourth-order valence-corrected chi connectivity index (χ4v) is 3.17. The summed E-state index contributed by atoms with van der Waals surface area (Å²) in [6, 6.07) is 12.9. The molecule has 3 rings (SSSR count). The number of ether oxygens (including phenoxy) is 1. The largest absolute Gasteiger partial charge is 0.461 e. The first-order valence-corrected chi connectivity index (χ1v) is 9.50. The van der Waals surface area contributed by atoms with Gasteiger partial charge in [-0.15, -0.1) is 0 Å². The lowest BCUT2D eigenvalue weighted by atomic mass is 10.2. The van der Waals surface area contributed by atoms with E-state index in [0.717, 1.165) is 37.0 Å². The van der Waals surface area contributed by atoms with Gasteiger partial charge < -0.3 is 14.5 Å². The fourth-order valence-electron chi connectivity index (χ4n) is 3.17. The van der Waals surface area contributed by atoms with Crippen molar-refractivity contribution in [2.24, 2.45) is 0 Å². The molecule has 0 aliphatic heterocycles. The Morgan fingerprint density at radius 1 is 1.04 bits per heavy atom. The number of rotatable bonds is 7. The number of esters is 1. The number of aryl methyl sites for hydroxylation is 1. The molecule has 7 nitrogen and oxygen atoms in total. The Morgan fingerprint density at radius 2 is 1.79 bits per heavy atom. The minimum absolute atomic E-state index is 0.0866. The smallest absolute Gasteiger partial charge is 0.321 e. The number of benzene rings is 1. The molecule has 1 fully saturated rings. The monoisotopic (exact) mass is 384 g/mol. The highest BCUT2D eigenvalue weighted by molar-refractivity contribution is 5.95. The van der Waals surface area contributed by atoms with Crippen LogP contribution < -0.4 is 10.6 Å². The molecule has 7 heteroatoms. The first-order valence-electron chi connectivity index (χ1n) is 9.50. The second-order valence-electron chi connectivity index (χ2n) is 6.80. The highest BCUT2D eigenvalue weighted by Crippen LogP contribution is 2.22. The van der Waals surface area contributed by atoms with Crippen molar-refractivity contribution in [1.82, 2.24) is 10.6 Å². The molecule has 1 aliphatic rings. The van der Waals surface area contributed by atoms with E-state index in [-0.39, 0.29) is 12.5 Å². The van der Waals surface area contributed by atoms with Crippen LogP contribution in [-0.4, -0.2) is 30.6 Å². The van der Waals surface area contributed by atoms with Crippen LogP contribution in [0.3, 0.4) is 0 Å². The minimum atomic E-state index is -0.645. The fraction of sp³-hybridized carbons (Fsp3) is 0.381. The van der Waals surface area contributed by atoms with E-state index in [2.05, 4.69) is 10.6 Å². The molecule has 0 spiro atoms. The lowest BCUT2D eigenvalue weighted by Gasteiger charge is -2.12. The molecule has 2 aromatic rings. The van der Waals surface area contributed by atoms with Gasteiger partial charge in [0, 0.05) is 18.0 Å². The summed E-state index contributed by atoms with van der Waals surface area (Å²) in [6.07, 6.45) is 4.47. The van der Waals surface area contributed by atoms with E-state index < -0.39 is 24.5 Å². The maximum Gasteiger partial charge on any atom is 0.321 e. The van der Waals surface area contributed by atoms with Crippen molar-refractivity contribution in [3.63, 3.8) is 0 Å². The molecule has 0 saturated heterocycles. The predicted molar refractivity (Wildman–Crippen MR) is 102 cm³/mol. The van der Waals surface area contributed by atoms with Crippen LogP contribution in [0, 0.1) is 0 Å². The van der Waals surface area contributed by atoms with Crippen molar-refractivity contribution >= 4 is 17.9 Å². The second-order valence-corrected chi connectivity index (χ2v) is 6.80. The van der Waals surface area contributed by atoms with Crippen LogP contribution in [0.2, 0.25) is 0 Å². The van der Waals surface area contributed by atoms with Crippen LogP contribution in [0.5, 0.6) is 0 Å². The third-order valence-electron chi connectivity index (χ3n) is 4.60. The van der Waals surface area contributed by atoms with E-state index in [1.54, 1.807) is 0 Å². The highest BCUT2D eigenvalue weighted by atomic mass is 16.5. The number of urea groups is 1. The maximum absolute atomic E-state index is 11.8. The summed E-state index contributed by atoms with van der Waals surface area (Å²) in [4.78, 5) is 35.2. The topological polar surface area (TPSA) is 97.6 Å². The molecule has 1 saturated carbocycles. The molecule has 0 bridgehead atoms. The lowest BCUT2D eigenvalue weighted by molar-refractivity contribution is -0.148. The maximum atomic E-state index is 11.8. The SMILES string of the molecule is O=C(COC(=O)CCc1ccc(-c2ccccc2)o1)NC(=O)NC1CCCC1. The van der Waals surface area contributed by atoms with E-state index in [0.29, 0.717) is 12.2 Å². The molecule has 0 radical (unpaired) electrons. The van der Waals surface area contributed by atoms with E-state index in [1.807, 2.05) is 42.5 Å². The van der Waals surface area contributed by atoms with E-state index in [9.17, 15) is 14.4 Å². The van der Waals surface area contributed by atoms with Crippen LogP contribution in [0.1, 0.15) is 37.9 Å². The molecule has 28 heavy (non-hydrogen) atoms. The normalized spacial score (nSPS) is 13.9. The second kappa shape index (κ2) is 9.73. The zero-order chi connectivity index (χ0) is 19.8. The van der Waals surface area contributed by atoms with Crippen molar-refractivity contribution in [2.45, 2.75) is 44.6 Å². The number of hydrogen-bond donors (Lipinski definition) is 2. The third-order valence-corrected chi connectivity index (χ3v) is 4.60. The van der Waals surface area contributed by atoms with Crippen LogP contribution in [0.15, 0.2) is 46.9 Å². The van der Waals surface area contributed by atoms with Crippen molar-refractivity contribution in [1.29, 1.82) is 0 Å². The Bertz CT molecular complexity index is 809. The average Bonchev–Trinajstić information content (AvgIpc) is 3.37. The van der Waals surface area contributed by atoms with Crippen molar-refractivity contribution in [3.05, 3.63) is 48.2 Å². The molecule has 148 valence electrons. The van der Waals surface area contributed by atoms with Gasteiger partial charge in [-0.3, -0.25) is 14.9 Å². The van der Waals surface area contributed by atoms with Gasteiger partial charge in [-0.05, 0) is 25.0 Å². The standard InChI is InChI=1S/C21H24N2O5/c24-19(23-21(26)22-16-8-4-5-9-16)14-27-20(25)13-11-17-10-12-18(28-17)15-6-2-1-3-7-15/h1-3,6-7,10,12,16H,4-5,8-9,11,13-14H2,(H2,22,23,24,26). The van der Waals surface area contributed by atoms with Crippen molar-refractivity contribution in [2.75, 3.05) is 6.61 Å². The Morgan fingerprint density at radius 3 is 2.54 bits per heavy atom. The highest BCUT2D eigenvalue weighted by Gasteiger charge is 2.18. The Kier molecular flexibility index (Phi) is 6.84. The van der Waals surface area contributed by atoms with Gasteiger partial charge in [-0.1, -0.05) is 43.2 Å². The van der Waals surface area contributed by atoms with Crippen LogP contribution in [0.25, 0.3) is 11.3 Å². The molecule has 1 aromatic carbocycles. The number of amides is 3. The lowest BCUT2D eigenvalue weighted by Crippen LogP contribution is -2.45. The quantitative estimate of drug-likeness (QED) is 0.715. The first-order chi connectivity index (χ1) is 13.6. The van der Waals surface area contributed by atoms with Gasteiger partial charge in [0.1, 0.15) is 11.5 Å². The third kappa shape index (κ3) is 5.97. The Balaban J connectivity index is 1.34. The summed E-state index contributed by atoms with van der Waals surface area (Å²) >= 11 is 0. The molecule has 1 heterocycles. The summed E-state index contributed by atoms with van der Waals surface area (Å²) in [5.41, 5.74) is 0.962. The molecule has 2 N–H and O–H groups in total. The summed E-state index contributed by atoms with van der Waals surface area (Å²) in [5, 5.41) is 4.91. The van der Waals surface area contributed by atoms with Gasteiger partial charge in [0.15, 0.2) is 6.61 Å². The molecule has 1 aromatic heterocycles. The molecule has 1 aliphatic carbocycles. The number of carbonyl (C=O) groups excluding carboxylic acids is 3. The number of nitrogens with one attached hydrogen (secondary N) is 2. The zero-order valence-corrected chi connectivity index (χ0v) is 15.6. The average molecular weight is 384 g/mol. The number of hydrogen-bond acceptors (Lipinski definition) is 5. The first kappa shape index (κ1) is 19.7. The molecular weight excluding hydrogens is 360 g/mol. The van der Waals surface area contributed by atoms with E-state index in [1.165, 1.54) is 0 Å². The van der Waals surface area contributed by atoms with E-state index >= 15 is 0 Å². The van der Waals surface area contributed by atoms with Gasteiger partial charge in [-0.2, -0.15) is 0 Å². The summed E-state index contributed by atoms with van der Waals surface area (Å²) < 4.78 is 10.6. The van der Waals surface area contributed by atoms with Crippen molar-refractivity contribution in [3.8, 4) is 11.3 Å². The van der Waals surface area contributed by atoms with Crippen LogP contribution in [-0.2, 0) is 20.7 Å². The van der Waals surface area contributed by atoms with Crippen molar-refractivity contribution < 1.29 is 23.5 Å². The Hall–Kier alpha value is -3.09. The Labute approximate surface area is 163 Å². The summed E-state index contributed by atoms with van der Waals surface area (Å²) in [6.45, 7) is -0.482. The van der Waals surface area contributed by atoms with Gasteiger partial charge >= 0.3 is 12.0 Å².